The second kappa shape index (κ2) is 7.08. The Morgan fingerprint density at radius 3 is 2.40 bits per heavy atom. The van der Waals surface area contributed by atoms with Crippen LogP contribution in [0.5, 0.6) is 0 Å². The summed E-state index contributed by atoms with van der Waals surface area (Å²) in [6, 6.07) is 10.9. The first-order valence-corrected chi connectivity index (χ1v) is 7.47. The quantitative estimate of drug-likeness (QED) is 0.737. The fourth-order valence-corrected chi connectivity index (χ4v) is 2.12. The zero-order valence-electron chi connectivity index (χ0n) is 13.7. The molecular formula is C17H16F2N6. The number of anilines is 5. The minimum atomic E-state index is -0.715. The smallest absolute Gasteiger partial charge is 0.249 e. The molecule has 0 spiro atoms. The van der Waals surface area contributed by atoms with Gasteiger partial charge in [-0.3, -0.25) is 0 Å². The third-order valence-corrected chi connectivity index (χ3v) is 3.39. The van der Waals surface area contributed by atoms with Crippen LogP contribution in [0.4, 0.5) is 37.6 Å². The van der Waals surface area contributed by atoms with Crippen LogP contribution in [0.2, 0.25) is 0 Å². The molecule has 2 N–H and O–H groups in total. The van der Waals surface area contributed by atoms with Crippen molar-refractivity contribution in [1.29, 1.82) is 0 Å². The predicted octanol–water partition coefficient (Wildman–Crippen LogP) is 3.70. The molecule has 3 aromatic rings. The van der Waals surface area contributed by atoms with Gasteiger partial charge in [0, 0.05) is 31.5 Å². The van der Waals surface area contributed by atoms with Crippen molar-refractivity contribution in [2.24, 2.45) is 0 Å². The highest BCUT2D eigenvalue weighted by atomic mass is 19.1. The number of rotatable bonds is 5. The summed E-state index contributed by atoms with van der Waals surface area (Å²) in [5.74, 6) is -0.821. The molecule has 0 aliphatic heterocycles. The Kier molecular flexibility index (Phi) is 4.69. The molecule has 0 bridgehead atoms. The molecule has 3 rings (SSSR count). The Morgan fingerprint density at radius 2 is 1.72 bits per heavy atom. The van der Waals surface area contributed by atoms with Gasteiger partial charge in [0.2, 0.25) is 5.95 Å². The summed E-state index contributed by atoms with van der Waals surface area (Å²) in [7, 11) is 3.92. The topological polar surface area (TPSA) is 66.0 Å². The summed E-state index contributed by atoms with van der Waals surface area (Å²) in [6.45, 7) is 0. The lowest BCUT2D eigenvalue weighted by molar-refractivity contribution is 0.586. The molecule has 128 valence electrons. The molecule has 8 heteroatoms. The Bertz CT molecular complexity index is 867. The van der Waals surface area contributed by atoms with Crippen LogP contribution in [0.25, 0.3) is 0 Å². The molecule has 0 fully saturated rings. The lowest BCUT2D eigenvalue weighted by Gasteiger charge is -2.13. The molecule has 6 nitrogen and oxygen atoms in total. The average molecular weight is 342 g/mol. The van der Waals surface area contributed by atoms with E-state index in [1.54, 1.807) is 0 Å². The van der Waals surface area contributed by atoms with E-state index in [2.05, 4.69) is 25.8 Å². The number of nitrogens with one attached hydrogen (secondary N) is 2. The van der Waals surface area contributed by atoms with Crippen LogP contribution in [-0.2, 0) is 0 Å². The summed E-state index contributed by atoms with van der Waals surface area (Å²) >= 11 is 0. The van der Waals surface area contributed by atoms with Crippen LogP contribution < -0.4 is 15.5 Å². The first kappa shape index (κ1) is 16.6. The second-order valence-corrected chi connectivity index (χ2v) is 5.48. The van der Waals surface area contributed by atoms with E-state index in [9.17, 15) is 8.78 Å². The summed E-state index contributed by atoms with van der Waals surface area (Å²) in [6.07, 6.45) is 1.35. The lowest BCUT2D eigenvalue weighted by Crippen LogP contribution is -2.08. The Labute approximate surface area is 143 Å². The molecule has 25 heavy (non-hydrogen) atoms. The van der Waals surface area contributed by atoms with Gasteiger partial charge in [-0.25, -0.2) is 8.78 Å². The molecule has 0 unspecified atom stereocenters. The van der Waals surface area contributed by atoms with Crippen molar-refractivity contribution in [2.75, 3.05) is 29.6 Å². The van der Waals surface area contributed by atoms with Crippen molar-refractivity contribution in [1.82, 2.24) is 15.2 Å². The molecule has 2 aromatic carbocycles. The van der Waals surface area contributed by atoms with Crippen LogP contribution in [0.3, 0.4) is 0 Å². The Hall–Kier alpha value is -3.29. The lowest BCUT2D eigenvalue weighted by atomic mass is 10.2. The van der Waals surface area contributed by atoms with Crippen LogP contribution in [0.1, 0.15) is 0 Å². The highest BCUT2D eigenvalue weighted by Crippen LogP contribution is 2.21. The van der Waals surface area contributed by atoms with Crippen molar-refractivity contribution < 1.29 is 8.78 Å². The first-order valence-electron chi connectivity index (χ1n) is 7.47. The molecule has 0 radical (unpaired) electrons. The van der Waals surface area contributed by atoms with Gasteiger partial charge in [0.05, 0.1) is 11.9 Å². The largest absolute Gasteiger partial charge is 0.378 e. The molecule has 1 heterocycles. The predicted molar refractivity (Wildman–Crippen MR) is 93.5 cm³/mol. The monoisotopic (exact) mass is 342 g/mol. The van der Waals surface area contributed by atoms with Crippen LogP contribution in [0.15, 0.2) is 48.7 Å². The minimum absolute atomic E-state index is 0.100. The SMILES string of the molecule is CN(C)c1ccc(Nc2nncc(Nc3ccc(F)cc3F)n2)cc1. The van der Waals surface area contributed by atoms with Gasteiger partial charge >= 0.3 is 0 Å². The summed E-state index contributed by atoms with van der Waals surface area (Å²) in [4.78, 5) is 6.21. The number of hydrogen-bond acceptors (Lipinski definition) is 6. The van der Waals surface area contributed by atoms with E-state index in [1.165, 1.54) is 12.3 Å². The van der Waals surface area contributed by atoms with Gasteiger partial charge in [-0.05, 0) is 36.4 Å². The van der Waals surface area contributed by atoms with Gasteiger partial charge in [0.25, 0.3) is 0 Å². The van der Waals surface area contributed by atoms with E-state index in [4.69, 9.17) is 0 Å². The zero-order valence-corrected chi connectivity index (χ0v) is 13.7. The van der Waals surface area contributed by atoms with Crippen molar-refractivity contribution in [3.05, 3.63) is 60.3 Å². The maximum absolute atomic E-state index is 13.7. The van der Waals surface area contributed by atoms with Crippen LogP contribution >= 0.6 is 0 Å². The molecule has 0 amide bonds. The molecular weight excluding hydrogens is 326 g/mol. The van der Waals surface area contributed by atoms with E-state index in [1.807, 2.05) is 43.3 Å². The molecule has 0 aliphatic carbocycles. The standard InChI is InChI=1S/C17H16F2N6/c1-25(2)13-6-4-12(5-7-13)21-17-23-16(10-20-24-17)22-15-8-3-11(18)9-14(15)19/h3-10H,1-2H3,(H2,21,22,23,24). The summed E-state index contributed by atoms with van der Waals surface area (Å²) < 4.78 is 26.7. The van der Waals surface area contributed by atoms with Crippen molar-refractivity contribution in [3.8, 4) is 0 Å². The number of nitrogens with zero attached hydrogens (tertiary/aromatic N) is 4. The van der Waals surface area contributed by atoms with Crippen molar-refractivity contribution in [3.63, 3.8) is 0 Å². The van der Waals surface area contributed by atoms with E-state index < -0.39 is 11.6 Å². The third kappa shape index (κ3) is 4.17. The normalized spacial score (nSPS) is 10.4. The Balaban J connectivity index is 1.75. The maximum atomic E-state index is 13.7. The fraction of sp³-hybridized carbons (Fsp3) is 0.118. The molecule has 0 saturated carbocycles. The summed E-state index contributed by atoms with van der Waals surface area (Å²) in [5, 5.41) is 13.5. The molecule has 1 aromatic heterocycles. The number of aromatic nitrogens is 3. The number of benzene rings is 2. The Morgan fingerprint density at radius 1 is 0.960 bits per heavy atom. The second-order valence-electron chi connectivity index (χ2n) is 5.48. The highest BCUT2D eigenvalue weighted by Gasteiger charge is 2.07. The van der Waals surface area contributed by atoms with Gasteiger partial charge in [-0.15, -0.1) is 5.10 Å². The van der Waals surface area contributed by atoms with Gasteiger partial charge in [-0.2, -0.15) is 10.1 Å². The van der Waals surface area contributed by atoms with Crippen LogP contribution in [-0.4, -0.2) is 29.3 Å². The van der Waals surface area contributed by atoms with Gasteiger partial charge in [0.1, 0.15) is 11.6 Å². The maximum Gasteiger partial charge on any atom is 0.249 e. The number of hydrogen-bond donors (Lipinski definition) is 2. The van der Waals surface area contributed by atoms with E-state index >= 15 is 0 Å². The fourth-order valence-electron chi connectivity index (χ4n) is 2.12. The third-order valence-electron chi connectivity index (χ3n) is 3.39. The molecule has 0 saturated heterocycles. The van der Waals surface area contributed by atoms with Crippen molar-refractivity contribution in [2.45, 2.75) is 0 Å². The average Bonchev–Trinajstić information content (AvgIpc) is 2.58. The van der Waals surface area contributed by atoms with E-state index in [-0.39, 0.29) is 17.5 Å². The molecule has 0 atom stereocenters. The van der Waals surface area contributed by atoms with Gasteiger partial charge in [0.15, 0.2) is 5.82 Å². The summed E-state index contributed by atoms with van der Waals surface area (Å²) in [5.41, 5.74) is 1.95. The van der Waals surface area contributed by atoms with Crippen molar-refractivity contribution >= 4 is 28.8 Å². The van der Waals surface area contributed by atoms with E-state index in [0.717, 1.165) is 23.5 Å². The number of halogens is 2. The highest BCUT2D eigenvalue weighted by molar-refractivity contribution is 5.61. The minimum Gasteiger partial charge on any atom is -0.378 e. The van der Waals surface area contributed by atoms with Crippen LogP contribution in [0, 0.1) is 11.6 Å². The first-order chi connectivity index (χ1) is 12.0. The van der Waals surface area contributed by atoms with E-state index in [0.29, 0.717) is 0 Å². The molecule has 0 aliphatic rings. The zero-order chi connectivity index (χ0) is 17.8. The van der Waals surface area contributed by atoms with Gasteiger partial charge in [-0.1, -0.05) is 0 Å². The van der Waals surface area contributed by atoms with Gasteiger partial charge < -0.3 is 15.5 Å².